The molecular formula is C14H20N6S. The summed E-state index contributed by atoms with van der Waals surface area (Å²) in [7, 11) is 1.79. The zero-order chi connectivity index (χ0) is 14.5. The minimum Gasteiger partial charge on any atom is -0.355 e. The molecular weight excluding hydrogens is 284 g/mol. The molecule has 112 valence electrons. The van der Waals surface area contributed by atoms with Gasteiger partial charge in [-0.25, -0.2) is 0 Å². The molecule has 0 amide bonds. The average molecular weight is 304 g/mol. The lowest BCUT2D eigenvalue weighted by Gasteiger charge is -2.14. The maximum atomic E-state index is 4.26. The van der Waals surface area contributed by atoms with Crippen LogP contribution < -0.4 is 10.6 Å². The predicted octanol–water partition coefficient (Wildman–Crippen LogP) is 1.29. The van der Waals surface area contributed by atoms with E-state index in [2.05, 4.69) is 25.8 Å². The molecule has 2 aromatic heterocycles. The van der Waals surface area contributed by atoms with Crippen molar-refractivity contribution in [3.05, 3.63) is 30.2 Å². The molecule has 1 aliphatic rings. The standard InChI is InChI=1S/C14H20N6S/c1-15-14(16-9-11-5-4-8-21-11)17-10-13-19-18-12-6-2-3-7-20(12)13/h2-3,6-7,11H,4-5,8-10H2,1H3,(H2,15,16,17). The molecule has 1 fully saturated rings. The second-order valence-electron chi connectivity index (χ2n) is 4.99. The van der Waals surface area contributed by atoms with Crippen LogP contribution in [-0.2, 0) is 6.54 Å². The number of hydrogen-bond donors (Lipinski definition) is 2. The van der Waals surface area contributed by atoms with Gasteiger partial charge < -0.3 is 10.6 Å². The van der Waals surface area contributed by atoms with E-state index in [1.54, 1.807) is 7.05 Å². The molecule has 3 heterocycles. The molecule has 1 atom stereocenters. The van der Waals surface area contributed by atoms with Gasteiger partial charge >= 0.3 is 0 Å². The third-order valence-corrected chi connectivity index (χ3v) is 4.94. The third kappa shape index (κ3) is 3.47. The molecule has 1 unspecified atom stereocenters. The highest BCUT2D eigenvalue weighted by Gasteiger charge is 2.15. The maximum absolute atomic E-state index is 4.26. The first-order valence-electron chi connectivity index (χ1n) is 7.21. The molecule has 3 rings (SSSR count). The van der Waals surface area contributed by atoms with E-state index in [4.69, 9.17) is 0 Å². The van der Waals surface area contributed by atoms with E-state index in [0.717, 1.165) is 24.0 Å². The van der Waals surface area contributed by atoms with Crippen LogP contribution in [0.5, 0.6) is 0 Å². The van der Waals surface area contributed by atoms with Gasteiger partial charge in [0.1, 0.15) is 0 Å². The summed E-state index contributed by atoms with van der Waals surface area (Å²) in [5.74, 6) is 2.98. The van der Waals surface area contributed by atoms with Crippen LogP contribution in [-0.4, -0.2) is 45.2 Å². The Kier molecular flexibility index (Phi) is 4.59. The maximum Gasteiger partial charge on any atom is 0.191 e. The molecule has 1 aliphatic heterocycles. The largest absolute Gasteiger partial charge is 0.355 e. The lowest BCUT2D eigenvalue weighted by Crippen LogP contribution is -2.40. The number of fused-ring (bicyclic) bond motifs is 1. The van der Waals surface area contributed by atoms with Gasteiger partial charge in [-0.1, -0.05) is 6.07 Å². The van der Waals surface area contributed by atoms with Crippen LogP contribution in [0, 0.1) is 0 Å². The topological polar surface area (TPSA) is 66.6 Å². The fraction of sp³-hybridized carbons (Fsp3) is 0.500. The van der Waals surface area contributed by atoms with Gasteiger partial charge in [-0.15, -0.1) is 10.2 Å². The summed E-state index contributed by atoms with van der Waals surface area (Å²) in [4.78, 5) is 4.26. The van der Waals surface area contributed by atoms with Crippen LogP contribution >= 0.6 is 11.8 Å². The zero-order valence-corrected chi connectivity index (χ0v) is 12.9. The Morgan fingerprint density at radius 1 is 1.43 bits per heavy atom. The Balaban J connectivity index is 1.55. The first-order valence-corrected chi connectivity index (χ1v) is 8.26. The van der Waals surface area contributed by atoms with E-state index in [9.17, 15) is 0 Å². The monoisotopic (exact) mass is 304 g/mol. The first-order chi connectivity index (χ1) is 10.4. The summed E-state index contributed by atoms with van der Waals surface area (Å²) >= 11 is 2.04. The van der Waals surface area contributed by atoms with Crippen molar-refractivity contribution in [3.8, 4) is 0 Å². The second kappa shape index (κ2) is 6.80. The molecule has 1 saturated heterocycles. The molecule has 0 spiro atoms. The number of pyridine rings is 1. The van der Waals surface area contributed by atoms with Crippen molar-refractivity contribution in [3.63, 3.8) is 0 Å². The summed E-state index contributed by atoms with van der Waals surface area (Å²) in [6, 6.07) is 5.88. The van der Waals surface area contributed by atoms with Crippen molar-refractivity contribution >= 4 is 23.4 Å². The van der Waals surface area contributed by atoms with E-state index in [0.29, 0.717) is 11.8 Å². The van der Waals surface area contributed by atoms with Gasteiger partial charge in [0, 0.05) is 25.0 Å². The summed E-state index contributed by atoms with van der Waals surface area (Å²) in [6.07, 6.45) is 4.59. The number of hydrogen-bond acceptors (Lipinski definition) is 4. The number of nitrogens with zero attached hydrogens (tertiary/aromatic N) is 4. The minimum atomic E-state index is 0.600. The van der Waals surface area contributed by atoms with Gasteiger partial charge in [-0.05, 0) is 30.7 Å². The molecule has 0 aliphatic carbocycles. The Morgan fingerprint density at radius 2 is 2.38 bits per heavy atom. The number of nitrogens with one attached hydrogen (secondary N) is 2. The number of aliphatic imine (C=N–C) groups is 1. The van der Waals surface area contributed by atoms with Gasteiger partial charge in [0.15, 0.2) is 17.4 Å². The average Bonchev–Trinajstić information content (AvgIpc) is 3.17. The summed E-state index contributed by atoms with van der Waals surface area (Å²) < 4.78 is 1.98. The molecule has 7 heteroatoms. The van der Waals surface area contributed by atoms with Crippen molar-refractivity contribution < 1.29 is 0 Å². The fourth-order valence-corrected chi connectivity index (χ4v) is 3.61. The lowest BCUT2D eigenvalue weighted by atomic mass is 10.2. The van der Waals surface area contributed by atoms with Crippen LogP contribution in [0.25, 0.3) is 5.65 Å². The lowest BCUT2D eigenvalue weighted by molar-refractivity contribution is 0.716. The highest BCUT2D eigenvalue weighted by molar-refractivity contribution is 8.00. The van der Waals surface area contributed by atoms with E-state index in [-0.39, 0.29) is 0 Å². The SMILES string of the molecule is CN=C(NCc1nnc2ccccn12)NCC1CCCS1. The molecule has 2 N–H and O–H groups in total. The smallest absolute Gasteiger partial charge is 0.191 e. The van der Waals surface area contributed by atoms with Crippen molar-refractivity contribution in [2.45, 2.75) is 24.6 Å². The number of rotatable bonds is 4. The Bertz CT molecular complexity index is 617. The molecule has 0 radical (unpaired) electrons. The summed E-state index contributed by atoms with van der Waals surface area (Å²) in [5.41, 5.74) is 0.861. The Morgan fingerprint density at radius 3 is 3.19 bits per heavy atom. The highest BCUT2D eigenvalue weighted by Crippen LogP contribution is 2.25. The number of aromatic nitrogens is 3. The zero-order valence-electron chi connectivity index (χ0n) is 12.1. The molecule has 0 bridgehead atoms. The van der Waals surface area contributed by atoms with Crippen LogP contribution in [0.2, 0.25) is 0 Å². The van der Waals surface area contributed by atoms with Crippen LogP contribution in [0.4, 0.5) is 0 Å². The highest BCUT2D eigenvalue weighted by atomic mass is 32.2. The quantitative estimate of drug-likeness (QED) is 0.658. The van der Waals surface area contributed by atoms with Crippen LogP contribution in [0.1, 0.15) is 18.7 Å². The van der Waals surface area contributed by atoms with Crippen LogP contribution in [0.3, 0.4) is 0 Å². The van der Waals surface area contributed by atoms with Gasteiger partial charge in [0.05, 0.1) is 6.54 Å². The predicted molar refractivity (Wildman–Crippen MR) is 86.7 cm³/mol. The van der Waals surface area contributed by atoms with Crippen molar-refractivity contribution in [2.24, 2.45) is 4.99 Å². The number of thioether (sulfide) groups is 1. The normalized spacial score (nSPS) is 19.1. The van der Waals surface area contributed by atoms with Crippen molar-refractivity contribution in [2.75, 3.05) is 19.3 Å². The van der Waals surface area contributed by atoms with Crippen molar-refractivity contribution in [1.82, 2.24) is 25.2 Å². The van der Waals surface area contributed by atoms with Crippen molar-refractivity contribution in [1.29, 1.82) is 0 Å². The van der Waals surface area contributed by atoms with E-state index >= 15 is 0 Å². The molecule has 0 aromatic carbocycles. The van der Waals surface area contributed by atoms with Gasteiger partial charge in [0.25, 0.3) is 0 Å². The fourth-order valence-electron chi connectivity index (χ4n) is 2.41. The van der Waals surface area contributed by atoms with E-state index in [1.165, 1.54) is 18.6 Å². The van der Waals surface area contributed by atoms with E-state index < -0.39 is 0 Å². The molecule has 21 heavy (non-hydrogen) atoms. The summed E-state index contributed by atoms with van der Waals surface area (Å²) in [6.45, 7) is 1.56. The van der Waals surface area contributed by atoms with Gasteiger partial charge in [-0.2, -0.15) is 11.8 Å². The Hall–Kier alpha value is -1.76. The molecule has 0 saturated carbocycles. The molecule has 6 nitrogen and oxygen atoms in total. The van der Waals surface area contributed by atoms with Gasteiger partial charge in [0.2, 0.25) is 0 Å². The molecule has 2 aromatic rings. The summed E-state index contributed by atoms with van der Waals surface area (Å²) in [5, 5.41) is 15.7. The first kappa shape index (κ1) is 14.2. The van der Waals surface area contributed by atoms with E-state index in [1.807, 2.05) is 40.6 Å². The van der Waals surface area contributed by atoms with Gasteiger partial charge in [-0.3, -0.25) is 9.39 Å². The number of guanidine groups is 1. The Labute approximate surface area is 128 Å². The van der Waals surface area contributed by atoms with Crippen LogP contribution in [0.15, 0.2) is 29.4 Å². The minimum absolute atomic E-state index is 0.600. The third-order valence-electron chi connectivity index (χ3n) is 3.54. The second-order valence-corrected chi connectivity index (χ2v) is 6.40.